The minimum atomic E-state index is 0.366. The number of hydrogen-bond acceptors (Lipinski definition) is 3. The lowest BCUT2D eigenvalue weighted by molar-refractivity contribution is 0.914. The zero-order chi connectivity index (χ0) is 12.1. The molecule has 88 valence electrons. The SMILES string of the molecule is CSCC(C)Nc1ccc(C(N)=S)cc1Cl. The first-order valence-corrected chi connectivity index (χ1v) is 7.07. The normalized spacial score (nSPS) is 12.2. The van der Waals surface area contributed by atoms with Gasteiger partial charge in [0.05, 0.1) is 10.7 Å². The standard InChI is InChI=1S/C11H15ClN2S2/c1-7(6-16-2)14-10-4-3-8(11(13)15)5-9(10)12/h3-5,7,14H,6H2,1-2H3,(H2,13,15). The molecule has 0 saturated heterocycles. The Bertz CT molecular complexity index is 382. The Morgan fingerprint density at radius 1 is 1.62 bits per heavy atom. The van der Waals surface area contributed by atoms with Gasteiger partial charge in [-0.1, -0.05) is 23.8 Å². The summed E-state index contributed by atoms with van der Waals surface area (Å²) in [5.41, 5.74) is 7.24. The van der Waals surface area contributed by atoms with E-state index in [1.54, 1.807) is 17.8 Å². The fourth-order valence-corrected chi connectivity index (χ4v) is 2.29. The lowest BCUT2D eigenvalue weighted by Crippen LogP contribution is -2.18. The largest absolute Gasteiger partial charge is 0.389 e. The molecule has 0 radical (unpaired) electrons. The molecular formula is C11H15ClN2S2. The van der Waals surface area contributed by atoms with Gasteiger partial charge in [-0.15, -0.1) is 0 Å². The lowest BCUT2D eigenvalue weighted by atomic mass is 10.2. The predicted molar refractivity (Wildman–Crippen MR) is 78.8 cm³/mol. The van der Waals surface area contributed by atoms with E-state index < -0.39 is 0 Å². The fraction of sp³-hybridized carbons (Fsp3) is 0.364. The highest BCUT2D eigenvalue weighted by atomic mass is 35.5. The molecule has 0 bridgehead atoms. The van der Waals surface area contributed by atoms with Crippen molar-refractivity contribution in [2.45, 2.75) is 13.0 Å². The highest BCUT2D eigenvalue weighted by Gasteiger charge is 2.06. The third-order valence-corrected chi connectivity index (χ3v) is 3.45. The maximum atomic E-state index is 6.13. The second-order valence-electron chi connectivity index (χ2n) is 3.56. The van der Waals surface area contributed by atoms with Crippen LogP contribution in [0.5, 0.6) is 0 Å². The molecule has 0 heterocycles. The molecule has 2 nitrogen and oxygen atoms in total. The van der Waals surface area contributed by atoms with Gasteiger partial charge in [-0.3, -0.25) is 0 Å². The number of nitrogens with one attached hydrogen (secondary N) is 1. The minimum Gasteiger partial charge on any atom is -0.389 e. The molecule has 0 fully saturated rings. The van der Waals surface area contributed by atoms with Crippen molar-refractivity contribution >= 4 is 46.3 Å². The number of nitrogens with two attached hydrogens (primary N) is 1. The molecule has 3 N–H and O–H groups in total. The first-order chi connectivity index (χ1) is 7.54. The summed E-state index contributed by atoms with van der Waals surface area (Å²) in [5.74, 6) is 1.04. The number of anilines is 1. The Kier molecular flexibility index (Phi) is 5.38. The van der Waals surface area contributed by atoms with Gasteiger partial charge in [0, 0.05) is 17.4 Å². The average Bonchev–Trinajstić information content (AvgIpc) is 2.21. The molecule has 0 aliphatic carbocycles. The van der Waals surface area contributed by atoms with Gasteiger partial charge in [-0.05, 0) is 31.4 Å². The van der Waals surface area contributed by atoms with Crippen LogP contribution >= 0.6 is 35.6 Å². The molecule has 1 aromatic rings. The molecule has 1 atom stereocenters. The highest BCUT2D eigenvalue weighted by Crippen LogP contribution is 2.24. The quantitative estimate of drug-likeness (QED) is 0.809. The summed E-state index contributed by atoms with van der Waals surface area (Å²) in [5, 5.41) is 3.99. The van der Waals surface area contributed by atoms with Crippen molar-refractivity contribution in [1.29, 1.82) is 0 Å². The van der Waals surface area contributed by atoms with Gasteiger partial charge in [0.15, 0.2) is 0 Å². The summed E-state index contributed by atoms with van der Waals surface area (Å²) >= 11 is 12.8. The van der Waals surface area contributed by atoms with Crippen LogP contribution in [-0.2, 0) is 0 Å². The monoisotopic (exact) mass is 274 g/mol. The highest BCUT2D eigenvalue weighted by molar-refractivity contribution is 7.98. The van der Waals surface area contributed by atoms with Crippen molar-refractivity contribution in [1.82, 2.24) is 0 Å². The maximum Gasteiger partial charge on any atom is 0.104 e. The summed E-state index contributed by atoms with van der Waals surface area (Å²) in [4.78, 5) is 0.366. The van der Waals surface area contributed by atoms with Crippen molar-refractivity contribution < 1.29 is 0 Å². The van der Waals surface area contributed by atoms with Crippen LogP contribution in [-0.4, -0.2) is 23.0 Å². The molecule has 0 amide bonds. The molecule has 0 aliphatic heterocycles. The van der Waals surface area contributed by atoms with Crippen LogP contribution in [0.2, 0.25) is 5.02 Å². The van der Waals surface area contributed by atoms with Crippen molar-refractivity contribution in [3.8, 4) is 0 Å². The van der Waals surface area contributed by atoms with Crippen LogP contribution in [0.15, 0.2) is 18.2 Å². The van der Waals surface area contributed by atoms with E-state index in [9.17, 15) is 0 Å². The summed E-state index contributed by atoms with van der Waals surface area (Å²) < 4.78 is 0. The average molecular weight is 275 g/mol. The van der Waals surface area contributed by atoms with E-state index in [1.165, 1.54) is 0 Å². The Labute approximate surface area is 111 Å². The van der Waals surface area contributed by atoms with Gasteiger partial charge in [0.1, 0.15) is 4.99 Å². The van der Waals surface area contributed by atoms with E-state index in [2.05, 4.69) is 18.5 Å². The number of thioether (sulfide) groups is 1. The number of thiocarbonyl (C=S) groups is 1. The Morgan fingerprint density at radius 3 is 2.81 bits per heavy atom. The van der Waals surface area contributed by atoms with Gasteiger partial charge in [0.25, 0.3) is 0 Å². The number of halogens is 1. The second kappa shape index (κ2) is 6.33. The predicted octanol–water partition coefficient (Wildman–Crippen LogP) is 3.14. The van der Waals surface area contributed by atoms with Crippen LogP contribution in [0, 0.1) is 0 Å². The Balaban J connectivity index is 2.79. The van der Waals surface area contributed by atoms with Crippen molar-refractivity contribution in [2.24, 2.45) is 5.73 Å². The van der Waals surface area contributed by atoms with Gasteiger partial charge in [-0.25, -0.2) is 0 Å². The van der Waals surface area contributed by atoms with Crippen molar-refractivity contribution in [3.63, 3.8) is 0 Å². The maximum absolute atomic E-state index is 6.13. The van der Waals surface area contributed by atoms with Gasteiger partial charge in [-0.2, -0.15) is 11.8 Å². The van der Waals surface area contributed by atoms with E-state index >= 15 is 0 Å². The number of hydrogen-bond donors (Lipinski definition) is 2. The molecule has 0 spiro atoms. The molecule has 5 heteroatoms. The van der Waals surface area contributed by atoms with Crippen LogP contribution in [0.1, 0.15) is 12.5 Å². The topological polar surface area (TPSA) is 38.0 Å². The third-order valence-electron chi connectivity index (χ3n) is 2.07. The number of benzene rings is 1. The zero-order valence-corrected chi connectivity index (χ0v) is 11.7. The van der Waals surface area contributed by atoms with Crippen LogP contribution in [0.25, 0.3) is 0 Å². The molecule has 0 aliphatic rings. The summed E-state index contributed by atoms with van der Waals surface area (Å²) in [6, 6.07) is 5.96. The molecule has 1 rings (SSSR count). The van der Waals surface area contributed by atoms with Gasteiger partial charge >= 0.3 is 0 Å². The first kappa shape index (κ1) is 13.6. The molecule has 1 aromatic carbocycles. The molecular weight excluding hydrogens is 260 g/mol. The molecule has 0 saturated carbocycles. The van der Waals surface area contributed by atoms with Crippen LogP contribution < -0.4 is 11.1 Å². The van der Waals surface area contributed by atoms with E-state index in [0.717, 1.165) is 17.0 Å². The lowest BCUT2D eigenvalue weighted by Gasteiger charge is -2.15. The van der Waals surface area contributed by atoms with E-state index in [4.69, 9.17) is 29.6 Å². The van der Waals surface area contributed by atoms with Crippen LogP contribution in [0.4, 0.5) is 5.69 Å². The minimum absolute atomic E-state index is 0.366. The fourth-order valence-electron chi connectivity index (χ4n) is 1.34. The van der Waals surface area contributed by atoms with Crippen molar-refractivity contribution in [2.75, 3.05) is 17.3 Å². The van der Waals surface area contributed by atoms with Crippen LogP contribution in [0.3, 0.4) is 0 Å². The molecule has 16 heavy (non-hydrogen) atoms. The van der Waals surface area contributed by atoms with Gasteiger partial charge in [0.2, 0.25) is 0 Å². The Hall–Kier alpha value is -0.450. The first-order valence-electron chi connectivity index (χ1n) is 4.89. The summed E-state index contributed by atoms with van der Waals surface area (Å²) in [6.45, 7) is 2.12. The molecule has 1 unspecified atom stereocenters. The smallest absolute Gasteiger partial charge is 0.104 e. The van der Waals surface area contributed by atoms with Crippen molar-refractivity contribution in [3.05, 3.63) is 28.8 Å². The van der Waals surface area contributed by atoms with Gasteiger partial charge < -0.3 is 11.1 Å². The molecule has 0 aromatic heterocycles. The number of rotatable bonds is 5. The third kappa shape index (κ3) is 3.85. The van der Waals surface area contributed by atoms with E-state index in [-0.39, 0.29) is 0 Å². The van der Waals surface area contributed by atoms with E-state index in [1.807, 2.05) is 12.1 Å². The Morgan fingerprint density at radius 2 is 2.31 bits per heavy atom. The zero-order valence-electron chi connectivity index (χ0n) is 9.29. The summed E-state index contributed by atoms with van der Waals surface area (Å²) in [6.07, 6.45) is 2.08. The second-order valence-corrected chi connectivity index (χ2v) is 5.32. The summed E-state index contributed by atoms with van der Waals surface area (Å²) in [7, 11) is 0. The van der Waals surface area contributed by atoms with E-state index in [0.29, 0.717) is 16.1 Å².